The molecule has 0 saturated heterocycles. The lowest BCUT2D eigenvalue weighted by atomic mass is 9.99. The van der Waals surface area contributed by atoms with Gasteiger partial charge in [-0.1, -0.05) is 48.6 Å². The fourth-order valence-electron chi connectivity index (χ4n) is 1.86. The minimum Gasteiger partial charge on any atom is -0.384 e. The van der Waals surface area contributed by atoms with E-state index in [-0.39, 0.29) is 0 Å². The number of hydrogen-bond acceptors (Lipinski definition) is 1. The van der Waals surface area contributed by atoms with E-state index in [1.807, 2.05) is 30.3 Å². The van der Waals surface area contributed by atoms with E-state index in [1.165, 1.54) is 0 Å². The van der Waals surface area contributed by atoms with Crippen molar-refractivity contribution >= 4 is 0 Å². The molecular weight excluding hydrogens is 184 g/mol. The van der Waals surface area contributed by atoms with E-state index in [0.717, 1.165) is 30.4 Å². The van der Waals surface area contributed by atoms with Crippen molar-refractivity contribution in [1.29, 1.82) is 0 Å². The summed E-state index contributed by atoms with van der Waals surface area (Å²) in [5.41, 5.74) is 2.11. The Hall–Kier alpha value is -1.34. The van der Waals surface area contributed by atoms with Crippen molar-refractivity contribution in [3.8, 4) is 0 Å². The Labute approximate surface area is 90.8 Å². The summed E-state index contributed by atoms with van der Waals surface area (Å²) >= 11 is 0. The van der Waals surface area contributed by atoms with Crippen LogP contribution in [-0.4, -0.2) is 5.11 Å². The van der Waals surface area contributed by atoms with Crippen LogP contribution in [0.3, 0.4) is 0 Å². The Balaban J connectivity index is 2.17. The topological polar surface area (TPSA) is 20.2 Å². The first-order valence-electron chi connectivity index (χ1n) is 5.45. The molecule has 0 radical (unpaired) electrons. The lowest BCUT2D eigenvalue weighted by Gasteiger charge is -2.13. The van der Waals surface area contributed by atoms with E-state index >= 15 is 0 Å². The number of allylic oxidation sites excluding steroid dienone is 3. The highest BCUT2D eigenvalue weighted by atomic mass is 16.3. The molecule has 0 saturated carbocycles. The van der Waals surface area contributed by atoms with Gasteiger partial charge in [0.1, 0.15) is 6.10 Å². The minimum absolute atomic E-state index is 0.436. The monoisotopic (exact) mass is 200 g/mol. The van der Waals surface area contributed by atoms with Crippen LogP contribution < -0.4 is 0 Å². The van der Waals surface area contributed by atoms with E-state index in [0.29, 0.717) is 0 Å². The van der Waals surface area contributed by atoms with Gasteiger partial charge in [0.2, 0.25) is 0 Å². The van der Waals surface area contributed by atoms with Gasteiger partial charge in [0.05, 0.1) is 0 Å². The smallest absolute Gasteiger partial charge is 0.100 e. The molecular formula is C14H16O. The van der Waals surface area contributed by atoms with Crippen molar-refractivity contribution in [2.75, 3.05) is 0 Å². The van der Waals surface area contributed by atoms with Crippen LogP contribution in [0.25, 0.3) is 0 Å². The van der Waals surface area contributed by atoms with E-state index in [4.69, 9.17) is 0 Å². The fraction of sp³-hybridized carbons (Fsp3) is 0.286. The molecule has 1 aromatic rings. The molecule has 0 aromatic heterocycles. The lowest BCUT2D eigenvalue weighted by molar-refractivity contribution is 0.213. The summed E-state index contributed by atoms with van der Waals surface area (Å²) < 4.78 is 0. The van der Waals surface area contributed by atoms with Crippen LogP contribution in [-0.2, 0) is 0 Å². The standard InChI is InChI=1S/C14H16O/c15-14(13-10-6-3-7-11-13)12-8-4-1-2-5-9-12/h1,3-4,6-7,9-11,14-15H,2,5,8H2. The largest absolute Gasteiger partial charge is 0.384 e. The number of aliphatic hydroxyl groups excluding tert-OH is 1. The van der Waals surface area contributed by atoms with Gasteiger partial charge >= 0.3 is 0 Å². The Morgan fingerprint density at radius 2 is 1.80 bits per heavy atom. The predicted molar refractivity (Wildman–Crippen MR) is 62.5 cm³/mol. The molecule has 0 aliphatic heterocycles. The molecule has 1 aliphatic rings. The maximum absolute atomic E-state index is 10.2. The van der Waals surface area contributed by atoms with Gasteiger partial charge in [-0.15, -0.1) is 0 Å². The minimum atomic E-state index is -0.436. The molecule has 1 heteroatoms. The second kappa shape index (κ2) is 4.94. The Morgan fingerprint density at radius 3 is 2.60 bits per heavy atom. The summed E-state index contributed by atoms with van der Waals surface area (Å²) in [4.78, 5) is 0. The molecule has 0 bridgehead atoms. The Kier molecular flexibility index (Phi) is 3.36. The zero-order valence-corrected chi connectivity index (χ0v) is 8.76. The van der Waals surface area contributed by atoms with Crippen LogP contribution in [0.15, 0.2) is 54.1 Å². The zero-order chi connectivity index (χ0) is 10.5. The maximum Gasteiger partial charge on any atom is 0.100 e. The van der Waals surface area contributed by atoms with Crippen LogP contribution >= 0.6 is 0 Å². The molecule has 1 nitrogen and oxygen atoms in total. The average molecular weight is 200 g/mol. The SMILES string of the molecule is OC(C1=CCCC=CC1)c1ccccc1. The first-order chi connectivity index (χ1) is 7.38. The van der Waals surface area contributed by atoms with Gasteiger partial charge in [-0.2, -0.15) is 0 Å². The summed E-state index contributed by atoms with van der Waals surface area (Å²) in [6.07, 6.45) is 9.05. The molecule has 78 valence electrons. The van der Waals surface area contributed by atoms with Crippen LogP contribution in [0.4, 0.5) is 0 Å². The molecule has 1 N–H and O–H groups in total. The van der Waals surface area contributed by atoms with Crippen molar-refractivity contribution in [2.45, 2.75) is 25.4 Å². The molecule has 1 aliphatic carbocycles. The number of hydrogen-bond donors (Lipinski definition) is 1. The fourth-order valence-corrected chi connectivity index (χ4v) is 1.86. The summed E-state index contributed by atoms with van der Waals surface area (Å²) in [5.74, 6) is 0. The molecule has 2 rings (SSSR count). The van der Waals surface area contributed by atoms with Crippen molar-refractivity contribution in [2.24, 2.45) is 0 Å². The van der Waals surface area contributed by atoms with Gasteiger partial charge in [-0.3, -0.25) is 0 Å². The van der Waals surface area contributed by atoms with Crippen molar-refractivity contribution in [3.63, 3.8) is 0 Å². The van der Waals surface area contributed by atoms with E-state index in [9.17, 15) is 5.11 Å². The highest BCUT2D eigenvalue weighted by molar-refractivity contribution is 5.27. The quantitative estimate of drug-likeness (QED) is 0.725. The van der Waals surface area contributed by atoms with Crippen LogP contribution in [0.1, 0.15) is 30.9 Å². The molecule has 1 aromatic carbocycles. The molecule has 0 spiro atoms. The van der Waals surface area contributed by atoms with Crippen molar-refractivity contribution < 1.29 is 5.11 Å². The van der Waals surface area contributed by atoms with Gasteiger partial charge in [0.25, 0.3) is 0 Å². The molecule has 15 heavy (non-hydrogen) atoms. The lowest BCUT2D eigenvalue weighted by Crippen LogP contribution is -2.00. The summed E-state index contributed by atoms with van der Waals surface area (Å²) in [6.45, 7) is 0. The van der Waals surface area contributed by atoms with E-state index in [1.54, 1.807) is 0 Å². The molecule has 0 fully saturated rings. The molecule has 1 atom stereocenters. The van der Waals surface area contributed by atoms with Gasteiger partial charge in [-0.05, 0) is 30.4 Å². The van der Waals surface area contributed by atoms with Crippen LogP contribution in [0.5, 0.6) is 0 Å². The zero-order valence-electron chi connectivity index (χ0n) is 8.76. The Morgan fingerprint density at radius 1 is 1.00 bits per heavy atom. The average Bonchev–Trinajstić information content (AvgIpc) is 2.58. The third-order valence-corrected chi connectivity index (χ3v) is 2.73. The van der Waals surface area contributed by atoms with Crippen molar-refractivity contribution in [1.82, 2.24) is 0 Å². The summed E-state index contributed by atoms with van der Waals surface area (Å²) in [5, 5.41) is 10.2. The Bertz CT molecular complexity index is 362. The first-order valence-corrected chi connectivity index (χ1v) is 5.45. The van der Waals surface area contributed by atoms with Gasteiger partial charge < -0.3 is 5.11 Å². The van der Waals surface area contributed by atoms with E-state index in [2.05, 4.69) is 18.2 Å². The predicted octanol–water partition coefficient (Wildman–Crippen LogP) is 3.39. The maximum atomic E-state index is 10.2. The van der Waals surface area contributed by atoms with Crippen molar-refractivity contribution in [3.05, 3.63) is 59.7 Å². The van der Waals surface area contributed by atoms with Crippen LogP contribution in [0, 0.1) is 0 Å². The van der Waals surface area contributed by atoms with Gasteiger partial charge in [0.15, 0.2) is 0 Å². The summed E-state index contributed by atoms with van der Waals surface area (Å²) in [7, 11) is 0. The third-order valence-electron chi connectivity index (χ3n) is 2.73. The third kappa shape index (κ3) is 2.57. The second-order valence-corrected chi connectivity index (χ2v) is 3.85. The number of aliphatic hydroxyl groups is 1. The molecule has 0 heterocycles. The molecule has 1 unspecified atom stereocenters. The van der Waals surface area contributed by atoms with Crippen LogP contribution in [0.2, 0.25) is 0 Å². The number of benzene rings is 1. The van der Waals surface area contributed by atoms with Gasteiger partial charge in [-0.25, -0.2) is 0 Å². The normalized spacial score (nSPS) is 18.1. The first kappa shape index (κ1) is 10.2. The number of rotatable bonds is 2. The highest BCUT2D eigenvalue weighted by Gasteiger charge is 2.12. The highest BCUT2D eigenvalue weighted by Crippen LogP contribution is 2.26. The second-order valence-electron chi connectivity index (χ2n) is 3.85. The summed E-state index contributed by atoms with van der Waals surface area (Å²) in [6, 6.07) is 9.84. The molecule has 0 amide bonds. The van der Waals surface area contributed by atoms with Gasteiger partial charge in [0, 0.05) is 0 Å². The van der Waals surface area contributed by atoms with E-state index < -0.39 is 6.10 Å².